The van der Waals surface area contributed by atoms with Crippen LogP contribution in [0.15, 0.2) is 11.1 Å². The number of fused-ring (bicyclic) bond motifs is 3. The van der Waals surface area contributed by atoms with Gasteiger partial charge in [-0.25, -0.2) is 10.0 Å². The van der Waals surface area contributed by atoms with Gasteiger partial charge < -0.3 is 0 Å². The van der Waals surface area contributed by atoms with Crippen LogP contribution >= 0.6 is 11.3 Å². The van der Waals surface area contributed by atoms with Crippen molar-refractivity contribution in [1.82, 2.24) is 14.6 Å². The molecule has 7 heteroatoms. The molecule has 0 N–H and O–H groups in total. The zero-order valence-corrected chi connectivity index (χ0v) is 13.6. The van der Waals surface area contributed by atoms with E-state index in [1.807, 2.05) is 0 Å². The molecule has 0 saturated carbocycles. The van der Waals surface area contributed by atoms with E-state index in [1.165, 1.54) is 33.6 Å². The summed E-state index contributed by atoms with van der Waals surface area (Å²) in [7, 11) is 3.00. The second-order valence-electron chi connectivity index (χ2n) is 5.46. The van der Waals surface area contributed by atoms with Crippen LogP contribution in [0.2, 0.25) is 0 Å². The Morgan fingerprint density at radius 2 is 2.23 bits per heavy atom. The minimum Gasteiger partial charge on any atom is -0.298 e. The first kappa shape index (κ1) is 15.2. The van der Waals surface area contributed by atoms with Gasteiger partial charge in [-0.1, -0.05) is 0 Å². The van der Waals surface area contributed by atoms with E-state index in [0.717, 1.165) is 29.5 Å². The standard InChI is InChI=1S/C15H19N3O3S/c1-17(21-2)12(19)7-8-18-9-16-14-13(15(18)20)10-5-3-4-6-11(10)22-14/h9H,3-8H2,1-2H3. The molecule has 1 aliphatic carbocycles. The second-order valence-corrected chi connectivity index (χ2v) is 6.54. The van der Waals surface area contributed by atoms with Gasteiger partial charge in [-0.15, -0.1) is 11.3 Å². The number of aryl methyl sites for hydroxylation is 3. The molecule has 6 nitrogen and oxygen atoms in total. The van der Waals surface area contributed by atoms with Crippen molar-refractivity contribution in [1.29, 1.82) is 0 Å². The summed E-state index contributed by atoms with van der Waals surface area (Å²) >= 11 is 1.64. The lowest BCUT2D eigenvalue weighted by Gasteiger charge is -2.14. The van der Waals surface area contributed by atoms with E-state index in [1.54, 1.807) is 24.7 Å². The first-order valence-electron chi connectivity index (χ1n) is 7.42. The van der Waals surface area contributed by atoms with E-state index in [9.17, 15) is 9.59 Å². The maximum Gasteiger partial charge on any atom is 0.262 e. The van der Waals surface area contributed by atoms with Gasteiger partial charge >= 0.3 is 0 Å². The normalized spacial score (nSPS) is 14.1. The first-order chi connectivity index (χ1) is 10.6. The van der Waals surface area contributed by atoms with E-state index in [4.69, 9.17) is 4.84 Å². The largest absolute Gasteiger partial charge is 0.298 e. The Hall–Kier alpha value is -1.73. The molecule has 118 valence electrons. The predicted molar refractivity (Wildman–Crippen MR) is 84.9 cm³/mol. The Morgan fingerprint density at radius 3 is 3.00 bits per heavy atom. The fourth-order valence-electron chi connectivity index (χ4n) is 2.82. The van der Waals surface area contributed by atoms with Gasteiger partial charge in [0.15, 0.2) is 0 Å². The topological polar surface area (TPSA) is 64.4 Å². The van der Waals surface area contributed by atoms with Crippen LogP contribution in [-0.2, 0) is 29.0 Å². The fourth-order valence-corrected chi connectivity index (χ4v) is 4.04. The van der Waals surface area contributed by atoms with Crippen molar-refractivity contribution in [3.8, 4) is 0 Å². The quantitative estimate of drug-likeness (QED) is 0.805. The van der Waals surface area contributed by atoms with Gasteiger partial charge in [0.1, 0.15) is 4.83 Å². The number of carbonyl (C=O) groups excluding carboxylic acids is 1. The average molecular weight is 321 g/mol. The molecule has 0 aromatic carbocycles. The molecule has 0 unspecified atom stereocenters. The zero-order valence-electron chi connectivity index (χ0n) is 12.8. The molecule has 0 atom stereocenters. The molecule has 1 aliphatic rings. The molecule has 0 saturated heterocycles. The van der Waals surface area contributed by atoms with E-state index in [0.29, 0.717) is 6.54 Å². The van der Waals surface area contributed by atoms with Crippen LogP contribution in [0, 0.1) is 0 Å². The summed E-state index contributed by atoms with van der Waals surface area (Å²) in [5.41, 5.74) is 1.15. The predicted octanol–water partition coefficient (Wildman–Crippen LogP) is 1.75. The summed E-state index contributed by atoms with van der Waals surface area (Å²) < 4.78 is 1.53. The molecule has 1 amide bonds. The number of hydrogen-bond acceptors (Lipinski definition) is 5. The van der Waals surface area contributed by atoms with Crippen LogP contribution in [-0.4, -0.2) is 34.7 Å². The van der Waals surface area contributed by atoms with Gasteiger partial charge in [0.05, 0.1) is 18.8 Å². The van der Waals surface area contributed by atoms with Crippen LogP contribution in [0.25, 0.3) is 10.2 Å². The number of nitrogens with zero attached hydrogens (tertiary/aromatic N) is 3. The summed E-state index contributed by atoms with van der Waals surface area (Å²) in [6.45, 7) is 0.318. The van der Waals surface area contributed by atoms with E-state index in [2.05, 4.69) is 4.98 Å². The SMILES string of the molecule is CON(C)C(=O)CCn1cnc2sc3c(c2c1=O)CCCC3. The lowest BCUT2D eigenvalue weighted by Crippen LogP contribution is -2.28. The molecular formula is C15H19N3O3S. The maximum absolute atomic E-state index is 12.7. The average Bonchev–Trinajstić information content (AvgIpc) is 2.92. The van der Waals surface area contributed by atoms with Gasteiger partial charge in [-0.3, -0.25) is 19.0 Å². The molecule has 0 bridgehead atoms. The molecule has 0 aliphatic heterocycles. The van der Waals surface area contributed by atoms with Gasteiger partial charge in [0.2, 0.25) is 5.91 Å². The fraction of sp³-hybridized carbons (Fsp3) is 0.533. The van der Waals surface area contributed by atoms with Crippen molar-refractivity contribution >= 4 is 27.5 Å². The maximum atomic E-state index is 12.7. The van der Waals surface area contributed by atoms with Crippen molar-refractivity contribution in [3.05, 3.63) is 27.1 Å². The number of rotatable bonds is 4. The van der Waals surface area contributed by atoms with E-state index >= 15 is 0 Å². The first-order valence-corrected chi connectivity index (χ1v) is 8.24. The molecule has 2 heterocycles. The highest BCUT2D eigenvalue weighted by molar-refractivity contribution is 7.18. The lowest BCUT2D eigenvalue weighted by molar-refractivity contribution is -0.168. The molecule has 0 radical (unpaired) electrons. The van der Waals surface area contributed by atoms with Crippen molar-refractivity contribution < 1.29 is 9.63 Å². The Bertz CT molecular complexity index is 765. The van der Waals surface area contributed by atoms with Gasteiger partial charge in [0.25, 0.3) is 5.56 Å². The molecule has 22 heavy (non-hydrogen) atoms. The number of thiophene rings is 1. The number of hydroxylamine groups is 2. The van der Waals surface area contributed by atoms with Gasteiger partial charge in [-0.2, -0.15) is 0 Å². The third-order valence-electron chi connectivity index (χ3n) is 4.13. The molecule has 2 aromatic rings. The van der Waals surface area contributed by atoms with Crippen molar-refractivity contribution in [2.24, 2.45) is 0 Å². The third-order valence-corrected chi connectivity index (χ3v) is 5.33. The lowest BCUT2D eigenvalue weighted by atomic mass is 9.97. The van der Waals surface area contributed by atoms with Crippen LogP contribution in [0.5, 0.6) is 0 Å². The highest BCUT2D eigenvalue weighted by Crippen LogP contribution is 2.33. The smallest absolute Gasteiger partial charge is 0.262 e. The van der Waals surface area contributed by atoms with Crippen LogP contribution in [0.4, 0.5) is 0 Å². The van der Waals surface area contributed by atoms with Crippen molar-refractivity contribution in [3.63, 3.8) is 0 Å². The van der Waals surface area contributed by atoms with Gasteiger partial charge in [-0.05, 0) is 31.2 Å². The molecule has 2 aromatic heterocycles. The van der Waals surface area contributed by atoms with Crippen LogP contribution in [0.1, 0.15) is 29.7 Å². The minimum absolute atomic E-state index is 0.0303. The number of hydrogen-bond donors (Lipinski definition) is 0. The molecule has 0 spiro atoms. The van der Waals surface area contributed by atoms with Crippen LogP contribution < -0.4 is 5.56 Å². The minimum atomic E-state index is -0.165. The highest BCUT2D eigenvalue weighted by Gasteiger charge is 2.20. The van der Waals surface area contributed by atoms with E-state index in [-0.39, 0.29) is 17.9 Å². The Labute approximate surface area is 132 Å². The summed E-state index contributed by atoms with van der Waals surface area (Å²) in [5, 5.41) is 1.93. The Balaban J connectivity index is 1.90. The number of aromatic nitrogens is 2. The van der Waals surface area contributed by atoms with Crippen LogP contribution in [0.3, 0.4) is 0 Å². The zero-order chi connectivity index (χ0) is 15.7. The van der Waals surface area contributed by atoms with Gasteiger partial charge in [0, 0.05) is 24.9 Å². The summed E-state index contributed by atoms with van der Waals surface area (Å²) in [4.78, 5) is 35.9. The summed E-state index contributed by atoms with van der Waals surface area (Å²) in [5.74, 6) is -0.165. The number of carbonyl (C=O) groups is 1. The second kappa shape index (κ2) is 6.18. The highest BCUT2D eigenvalue weighted by atomic mass is 32.1. The van der Waals surface area contributed by atoms with Crippen molar-refractivity contribution in [2.75, 3.05) is 14.2 Å². The number of amides is 1. The Morgan fingerprint density at radius 1 is 1.45 bits per heavy atom. The third kappa shape index (κ3) is 2.66. The molecular weight excluding hydrogens is 302 g/mol. The van der Waals surface area contributed by atoms with Crippen molar-refractivity contribution in [2.45, 2.75) is 38.6 Å². The summed E-state index contributed by atoms with van der Waals surface area (Å²) in [6, 6.07) is 0. The monoisotopic (exact) mass is 321 g/mol. The van der Waals surface area contributed by atoms with E-state index < -0.39 is 0 Å². The molecule has 0 fully saturated rings. The molecule has 3 rings (SSSR count). The summed E-state index contributed by atoms with van der Waals surface area (Å²) in [6.07, 6.45) is 6.08. The Kier molecular flexibility index (Phi) is 4.26.